The summed E-state index contributed by atoms with van der Waals surface area (Å²) < 4.78 is 1.22. The highest BCUT2D eigenvalue weighted by molar-refractivity contribution is 14.1. The second-order valence-electron chi connectivity index (χ2n) is 3.57. The number of nitrogens with zero attached hydrogens (tertiary/aromatic N) is 1. The van der Waals surface area contributed by atoms with E-state index in [-0.39, 0.29) is 16.9 Å². The number of phenolic OH excluding ortho intramolecular Hbond substituents is 1. The van der Waals surface area contributed by atoms with E-state index in [2.05, 4.69) is 15.9 Å². The third-order valence-electron chi connectivity index (χ3n) is 2.32. The van der Waals surface area contributed by atoms with Gasteiger partial charge in [-0.05, 0) is 74.1 Å². The molecule has 0 spiro atoms. The summed E-state index contributed by atoms with van der Waals surface area (Å²) in [6.07, 6.45) is 1.64. The molecule has 1 aromatic rings. The lowest BCUT2D eigenvalue weighted by Crippen LogP contribution is -2.22. The van der Waals surface area contributed by atoms with Gasteiger partial charge >= 0.3 is 0 Å². The fourth-order valence-electron chi connectivity index (χ4n) is 1.37. The Bertz CT molecular complexity index is 565. The molecule has 1 aromatic carbocycles. The van der Waals surface area contributed by atoms with Crippen LogP contribution in [0.15, 0.2) is 21.5 Å². The number of hydrogen-bond acceptors (Lipinski definition) is 4. The van der Waals surface area contributed by atoms with Gasteiger partial charge in [-0.3, -0.25) is 14.5 Å². The third-order valence-corrected chi connectivity index (χ3v) is 4.71. The number of thioether (sulfide) groups is 1. The van der Waals surface area contributed by atoms with Crippen molar-refractivity contribution in [2.24, 2.45) is 0 Å². The SMILES string of the molecule is CN1C(=O)S/C(=C\c2cc(Br)c(O)c(I)c2)C1=O. The van der Waals surface area contributed by atoms with Crippen LogP contribution >= 0.6 is 50.3 Å². The lowest BCUT2D eigenvalue weighted by molar-refractivity contribution is -0.121. The minimum atomic E-state index is -0.302. The van der Waals surface area contributed by atoms with Crippen molar-refractivity contribution in [2.45, 2.75) is 0 Å². The lowest BCUT2D eigenvalue weighted by Gasteiger charge is -2.03. The summed E-state index contributed by atoms with van der Waals surface area (Å²) in [7, 11) is 1.45. The Morgan fingerprint density at radius 1 is 1.44 bits per heavy atom. The minimum Gasteiger partial charge on any atom is -0.506 e. The highest BCUT2D eigenvalue weighted by Crippen LogP contribution is 2.34. The van der Waals surface area contributed by atoms with E-state index < -0.39 is 0 Å². The third kappa shape index (κ3) is 2.57. The van der Waals surface area contributed by atoms with Crippen molar-refractivity contribution in [1.29, 1.82) is 0 Å². The molecule has 1 N–H and O–H groups in total. The lowest BCUT2D eigenvalue weighted by atomic mass is 10.2. The van der Waals surface area contributed by atoms with Gasteiger partial charge in [-0.15, -0.1) is 0 Å². The zero-order valence-electron chi connectivity index (χ0n) is 9.11. The molecule has 94 valence electrons. The fraction of sp³-hybridized carbons (Fsp3) is 0.0909. The zero-order chi connectivity index (χ0) is 13.4. The molecule has 1 fully saturated rings. The Morgan fingerprint density at radius 3 is 2.61 bits per heavy atom. The molecular formula is C11H7BrINO3S. The van der Waals surface area contributed by atoms with Crippen LogP contribution in [0.1, 0.15) is 5.56 Å². The van der Waals surface area contributed by atoms with Crippen LogP contribution in [0.4, 0.5) is 4.79 Å². The number of hydrogen-bond donors (Lipinski definition) is 1. The molecule has 18 heavy (non-hydrogen) atoms. The first kappa shape index (κ1) is 13.9. The number of carbonyl (C=O) groups is 2. The van der Waals surface area contributed by atoms with E-state index in [4.69, 9.17) is 0 Å². The van der Waals surface area contributed by atoms with Gasteiger partial charge in [0, 0.05) is 7.05 Å². The van der Waals surface area contributed by atoms with Crippen LogP contribution in [0, 0.1) is 3.57 Å². The number of aromatic hydroxyl groups is 1. The van der Waals surface area contributed by atoms with Crippen molar-refractivity contribution in [3.8, 4) is 5.75 Å². The van der Waals surface area contributed by atoms with Crippen LogP contribution in [0.3, 0.4) is 0 Å². The van der Waals surface area contributed by atoms with Crippen LogP contribution in [0.5, 0.6) is 5.75 Å². The number of rotatable bonds is 1. The largest absolute Gasteiger partial charge is 0.506 e. The van der Waals surface area contributed by atoms with E-state index in [9.17, 15) is 14.7 Å². The van der Waals surface area contributed by atoms with Gasteiger partial charge in [-0.25, -0.2) is 0 Å². The van der Waals surface area contributed by atoms with E-state index in [1.807, 2.05) is 22.6 Å². The molecular weight excluding hydrogens is 433 g/mol. The molecule has 0 radical (unpaired) electrons. The molecule has 1 saturated heterocycles. The van der Waals surface area contributed by atoms with Crippen molar-refractivity contribution in [2.75, 3.05) is 7.05 Å². The van der Waals surface area contributed by atoms with Gasteiger partial charge in [0.15, 0.2) is 0 Å². The summed E-state index contributed by atoms with van der Waals surface area (Å²) in [6, 6.07) is 3.44. The summed E-state index contributed by atoms with van der Waals surface area (Å²) in [5, 5.41) is 9.34. The summed E-state index contributed by atoms with van der Waals surface area (Å²) in [5.74, 6) is -0.138. The summed E-state index contributed by atoms with van der Waals surface area (Å²) >= 11 is 6.14. The molecule has 0 saturated carbocycles. The van der Waals surface area contributed by atoms with Gasteiger partial charge in [0.05, 0.1) is 12.9 Å². The zero-order valence-corrected chi connectivity index (χ0v) is 13.7. The van der Waals surface area contributed by atoms with E-state index in [1.165, 1.54) is 7.05 Å². The van der Waals surface area contributed by atoms with Gasteiger partial charge in [0.2, 0.25) is 0 Å². The van der Waals surface area contributed by atoms with Crippen molar-refractivity contribution in [3.05, 3.63) is 30.6 Å². The van der Waals surface area contributed by atoms with Gasteiger partial charge in [-0.2, -0.15) is 0 Å². The van der Waals surface area contributed by atoms with Crippen molar-refractivity contribution >= 4 is 67.5 Å². The maximum atomic E-state index is 11.7. The number of phenols is 1. The number of likely N-dealkylation sites (N-methyl/N-ethyl adjacent to an activating group) is 1. The normalized spacial score (nSPS) is 17.9. The standard InChI is InChI=1S/C11H7BrINO3S/c1-14-10(16)8(18-11(14)17)4-5-2-6(12)9(15)7(13)3-5/h2-4,15H,1H3/b8-4-. The van der Waals surface area contributed by atoms with Gasteiger partial charge in [0.1, 0.15) is 5.75 Å². The van der Waals surface area contributed by atoms with Gasteiger partial charge in [0.25, 0.3) is 11.1 Å². The molecule has 0 bridgehead atoms. The molecule has 0 aliphatic carbocycles. The predicted octanol–water partition coefficient (Wildman–Crippen LogP) is 3.43. The topological polar surface area (TPSA) is 57.6 Å². The molecule has 0 unspecified atom stereocenters. The fourth-order valence-corrected chi connectivity index (χ4v) is 3.69. The van der Waals surface area contributed by atoms with Crippen LogP contribution in [0.2, 0.25) is 0 Å². The maximum Gasteiger partial charge on any atom is 0.293 e. The first-order valence-electron chi connectivity index (χ1n) is 4.79. The summed E-state index contributed by atoms with van der Waals surface area (Å²) in [4.78, 5) is 24.5. The number of amides is 2. The number of benzene rings is 1. The molecule has 0 atom stereocenters. The molecule has 0 aromatic heterocycles. The first-order valence-corrected chi connectivity index (χ1v) is 7.48. The minimum absolute atomic E-state index is 0.163. The van der Waals surface area contributed by atoms with Crippen LogP contribution < -0.4 is 0 Å². The molecule has 4 nitrogen and oxygen atoms in total. The second kappa shape index (κ2) is 5.22. The van der Waals surface area contributed by atoms with Crippen molar-refractivity contribution in [3.63, 3.8) is 0 Å². The van der Waals surface area contributed by atoms with E-state index in [0.29, 0.717) is 12.9 Å². The molecule has 2 rings (SSSR count). The monoisotopic (exact) mass is 439 g/mol. The first-order chi connectivity index (χ1) is 8.40. The number of halogens is 2. The number of carbonyl (C=O) groups excluding carboxylic acids is 2. The Hall–Kier alpha value is -0.540. The highest BCUT2D eigenvalue weighted by Gasteiger charge is 2.31. The Labute approximate surface area is 130 Å². The Morgan fingerprint density at radius 2 is 2.11 bits per heavy atom. The van der Waals surface area contributed by atoms with Crippen LogP contribution in [-0.4, -0.2) is 28.2 Å². The molecule has 1 heterocycles. The quantitative estimate of drug-likeness (QED) is 0.538. The van der Waals surface area contributed by atoms with Crippen LogP contribution in [-0.2, 0) is 4.79 Å². The molecule has 1 aliphatic rings. The van der Waals surface area contributed by atoms with Gasteiger partial charge in [-0.1, -0.05) is 0 Å². The van der Waals surface area contributed by atoms with Crippen molar-refractivity contribution in [1.82, 2.24) is 4.90 Å². The average molecular weight is 440 g/mol. The summed E-state index contributed by atoms with van der Waals surface area (Å²) in [5.41, 5.74) is 0.753. The Kier molecular flexibility index (Phi) is 4.02. The van der Waals surface area contributed by atoms with E-state index in [0.717, 1.165) is 22.2 Å². The maximum absolute atomic E-state index is 11.7. The highest BCUT2D eigenvalue weighted by atomic mass is 127. The van der Waals surface area contributed by atoms with E-state index in [1.54, 1.807) is 18.2 Å². The average Bonchev–Trinajstić information content (AvgIpc) is 2.54. The van der Waals surface area contributed by atoms with Gasteiger partial charge < -0.3 is 5.11 Å². The summed E-state index contributed by atoms with van der Waals surface area (Å²) in [6.45, 7) is 0. The van der Waals surface area contributed by atoms with Crippen molar-refractivity contribution < 1.29 is 14.7 Å². The molecule has 2 amide bonds. The van der Waals surface area contributed by atoms with E-state index >= 15 is 0 Å². The molecule has 1 aliphatic heterocycles. The predicted molar refractivity (Wildman–Crippen MR) is 82.3 cm³/mol. The number of imide groups is 1. The second-order valence-corrected chi connectivity index (χ2v) is 6.58. The van der Waals surface area contributed by atoms with Crippen LogP contribution in [0.25, 0.3) is 6.08 Å². The Balaban J connectivity index is 2.40. The molecule has 7 heteroatoms. The smallest absolute Gasteiger partial charge is 0.293 e.